The van der Waals surface area contributed by atoms with Gasteiger partial charge in [0, 0.05) is 5.56 Å². The minimum absolute atomic E-state index is 0.138. The maximum Gasteiger partial charge on any atom is 0.255 e. The van der Waals surface area contributed by atoms with Crippen molar-refractivity contribution in [2.75, 3.05) is 19.0 Å². The number of carbonyl (C=O) groups is 1. The number of rotatable bonds is 7. The van der Waals surface area contributed by atoms with E-state index in [0.29, 0.717) is 29.6 Å². The number of hydrogen-bond donors (Lipinski definition) is 1. The molecule has 0 fully saturated rings. The van der Waals surface area contributed by atoms with Crippen molar-refractivity contribution in [3.05, 3.63) is 53.8 Å². The fourth-order valence-corrected chi connectivity index (χ4v) is 2.09. The van der Waals surface area contributed by atoms with Crippen LogP contribution in [0.5, 0.6) is 11.5 Å². The zero-order valence-corrected chi connectivity index (χ0v) is 14.1. The van der Waals surface area contributed by atoms with Gasteiger partial charge in [0.1, 0.15) is 5.82 Å². The van der Waals surface area contributed by atoms with Crippen LogP contribution in [0.15, 0.2) is 42.5 Å². The van der Waals surface area contributed by atoms with Crippen LogP contribution in [0.4, 0.5) is 10.1 Å². The van der Waals surface area contributed by atoms with Crippen LogP contribution in [0.1, 0.15) is 30.6 Å². The number of carbonyl (C=O) groups excluding carboxylic acids is 1. The highest BCUT2D eigenvalue weighted by Gasteiger charge is 2.13. The Hall–Kier alpha value is -2.56. The molecular formula is C19H22FNO3. The van der Waals surface area contributed by atoms with Gasteiger partial charge in [-0.2, -0.15) is 0 Å². The van der Waals surface area contributed by atoms with E-state index in [4.69, 9.17) is 9.47 Å². The highest BCUT2D eigenvalue weighted by molar-refractivity contribution is 6.04. The number of anilines is 1. The molecule has 0 radical (unpaired) electrons. The summed E-state index contributed by atoms with van der Waals surface area (Å²) in [6.07, 6.45) is 0.929. The SMILES string of the molecule is COc1cc(C(=O)Nc2ccccc2F)ccc1OCCC(C)C. The van der Waals surface area contributed by atoms with Crippen LogP contribution in [0.2, 0.25) is 0 Å². The minimum atomic E-state index is -0.480. The number of amides is 1. The first-order chi connectivity index (χ1) is 11.5. The van der Waals surface area contributed by atoms with E-state index >= 15 is 0 Å². The summed E-state index contributed by atoms with van der Waals surface area (Å²) in [5.41, 5.74) is 0.505. The molecule has 0 spiro atoms. The summed E-state index contributed by atoms with van der Waals surface area (Å²) in [5.74, 6) is 0.709. The third kappa shape index (κ3) is 4.72. The summed E-state index contributed by atoms with van der Waals surface area (Å²) in [4.78, 5) is 12.3. The number of benzene rings is 2. The first-order valence-corrected chi connectivity index (χ1v) is 7.88. The molecule has 5 heteroatoms. The van der Waals surface area contributed by atoms with Crippen LogP contribution in [-0.4, -0.2) is 19.6 Å². The van der Waals surface area contributed by atoms with E-state index in [2.05, 4.69) is 19.2 Å². The van der Waals surface area contributed by atoms with Gasteiger partial charge >= 0.3 is 0 Å². The molecule has 2 aromatic carbocycles. The molecule has 4 nitrogen and oxygen atoms in total. The number of para-hydroxylation sites is 1. The molecule has 0 bridgehead atoms. The first-order valence-electron chi connectivity index (χ1n) is 7.88. The second kappa shape index (κ2) is 8.34. The molecule has 1 N–H and O–H groups in total. The van der Waals surface area contributed by atoms with Gasteiger partial charge in [0.05, 0.1) is 19.4 Å². The topological polar surface area (TPSA) is 47.6 Å². The highest BCUT2D eigenvalue weighted by atomic mass is 19.1. The van der Waals surface area contributed by atoms with Gasteiger partial charge in [0.15, 0.2) is 11.5 Å². The van der Waals surface area contributed by atoms with Crippen molar-refractivity contribution in [1.82, 2.24) is 0 Å². The van der Waals surface area contributed by atoms with E-state index in [-0.39, 0.29) is 5.69 Å². The lowest BCUT2D eigenvalue weighted by Gasteiger charge is -2.13. The van der Waals surface area contributed by atoms with Crippen LogP contribution >= 0.6 is 0 Å². The molecule has 0 saturated heterocycles. The molecule has 0 aliphatic carbocycles. The Labute approximate surface area is 141 Å². The van der Waals surface area contributed by atoms with E-state index in [1.165, 1.54) is 19.2 Å². The van der Waals surface area contributed by atoms with Gasteiger partial charge < -0.3 is 14.8 Å². The average Bonchev–Trinajstić information content (AvgIpc) is 2.56. The van der Waals surface area contributed by atoms with E-state index in [0.717, 1.165) is 6.42 Å². The summed E-state index contributed by atoms with van der Waals surface area (Å²) in [5, 5.41) is 2.55. The normalized spacial score (nSPS) is 10.5. The molecule has 24 heavy (non-hydrogen) atoms. The molecule has 0 heterocycles. The van der Waals surface area contributed by atoms with E-state index in [9.17, 15) is 9.18 Å². The molecule has 1 amide bonds. The number of ether oxygens (including phenoxy) is 2. The van der Waals surface area contributed by atoms with Crippen molar-refractivity contribution < 1.29 is 18.7 Å². The monoisotopic (exact) mass is 331 g/mol. The Morgan fingerprint density at radius 2 is 1.92 bits per heavy atom. The van der Waals surface area contributed by atoms with Crippen molar-refractivity contribution in [2.45, 2.75) is 20.3 Å². The Kier molecular flexibility index (Phi) is 6.18. The predicted molar refractivity (Wildman–Crippen MR) is 92.3 cm³/mol. The standard InChI is InChI=1S/C19H22FNO3/c1-13(2)10-11-24-17-9-8-14(12-18(17)23-3)19(22)21-16-7-5-4-6-15(16)20/h4-9,12-13H,10-11H2,1-3H3,(H,21,22). The van der Waals surface area contributed by atoms with Crippen LogP contribution in [0.25, 0.3) is 0 Å². The zero-order chi connectivity index (χ0) is 17.5. The Morgan fingerprint density at radius 3 is 2.58 bits per heavy atom. The van der Waals surface area contributed by atoms with Crippen molar-refractivity contribution >= 4 is 11.6 Å². The zero-order valence-electron chi connectivity index (χ0n) is 14.1. The molecule has 128 valence electrons. The molecule has 2 rings (SSSR count). The van der Waals surface area contributed by atoms with Crippen molar-refractivity contribution in [2.24, 2.45) is 5.92 Å². The van der Waals surface area contributed by atoms with Gasteiger partial charge in [0.25, 0.3) is 5.91 Å². The summed E-state index contributed by atoms with van der Waals surface area (Å²) >= 11 is 0. The van der Waals surface area contributed by atoms with Gasteiger partial charge in [-0.25, -0.2) is 4.39 Å². The largest absolute Gasteiger partial charge is 0.493 e. The van der Waals surface area contributed by atoms with E-state index in [1.54, 1.807) is 30.3 Å². The summed E-state index contributed by atoms with van der Waals surface area (Å²) < 4.78 is 24.6. The Morgan fingerprint density at radius 1 is 1.17 bits per heavy atom. The molecule has 0 atom stereocenters. The summed E-state index contributed by atoms with van der Waals surface area (Å²) in [6, 6.07) is 10.9. The van der Waals surface area contributed by atoms with E-state index < -0.39 is 11.7 Å². The number of nitrogens with one attached hydrogen (secondary N) is 1. The fraction of sp³-hybridized carbons (Fsp3) is 0.316. The molecule has 0 unspecified atom stereocenters. The molecule has 0 aliphatic heterocycles. The van der Waals surface area contributed by atoms with Crippen molar-refractivity contribution in [3.63, 3.8) is 0 Å². The smallest absolute Gasteiger partial charge is 0.255 e. The lowest BCUT2D eigenvalue weighted by Crippen LogP contribution is -2.13. The molecule has 0 aromatic heterocycles. The van der Waals surface area contributed by atoms with Gasteiger partial charge in [-0.05, 0) is 42.7 Å². The quantitative estimate of drug-likeness (QED) is 0.812. The highest BCUT2D eigenvalue weighted by Crippen LogP contribution is 2.29. The van der Waals surface area contributed by atoms with Gasteiger partial charge in [-0.1, -0.05) is 26.0 Å². The lowest BCUT2D eigenvalue weighted by molar-refractivity contribution is 0.102. The predicted octanol–water partition coefficient (Wildman–Crippen LogP) is 4.51. The maximum absolute atomic E-state index is 13.6. The summed E-state index contributed by atoms with van der Waals surface area (Å²) in [7, 11) is 1.52. The third-order valence-corrected chi connectivity index (χ3v) is 3.50. The Balaban J connectivity index is 2.10. The number of methoxy groups -OCH3 is 1. The second-order valence-corrected chi connectivity index (χ2v) is 5.83. The lowest BCUT2D eigenvalue weighted by atomic mass is 10.1. The average molecular weight is 331 g/mol. The summed E-state index contributed by atoms with van der Waals surface area (Å²) in [6.45, 7) is 4.82. The molecular weight excluding hydrogens is 309 g/mol. The fourth-order valence-electron chi connectivity index (χ4n) is 2.09. The van der Waals surface area contributed by atoms with Gasteiger partial charge in [-0.15, -0.1) is 0 Å². The van der Waals surface area contributed by atoms with Crippen LogP contribution in [0.3, 0.4) is 0 Å². The van der Waals surface area contributed by atoms with E-state index in [1.807, 2.05) is 0 Å². The minimum Gasteiger partial charge on any atom is -0.493 e. The van der Waals surface area contributed by atoms with Crippen molar-refractivity contribution in [1.29, 1.82) is 0 Å². The molecule has 0 saturated carbocycles. The Bertz CT molecular complexity index is 701. The van der Waals surface area contributed by atoms with Crippen molar-refractivity contribution in [3.8, 4) is 11.5 Å². The van der Waals surface area contributed by atoms with Gasteiger partial charge in [0.2, 0.25) is 0 Å². The molecule has 2 aromatic rings. The maximum atomic E-state index is 13.6. The van der Waals surface area contributed by atoms with Gasteiger partial charge in [-0.3, -0.25) is 4.79 Å². The molecule has 0 aliphatic rings. The second-order valence-electron chi connectivity index (χ2n) is 5.83. The van der Waals surface area contributed by atoms with Crippen LogP contribution in [-0.2, 0) is 0 Å². The third-order valence-electron chi connectivity index (χ3n) is 3.50. The number of hydrogen-bond acceptors (Lipinski definition) is 3. The van der Waals surface area contributed by atoms with Crippen LogP contribution in [0, 0.1) is 11.7 Å². The first kappa shape index (κ1) is 17.8. The number of halogens is 1. The van der Waals surface area contributed by atoms with Crippen LogP contribution < -0.4 is 14.8 Å².